The van der Waals surface area contributed by atoms with Crippen molar-refractivity contribution in [2.45, 2.75) is 70.7 Å². The van der Waals surface area contributed by atoms with Gasteiger partial charge in [-0.2, -0.15) is 0 Å². The number of hydrogen-bond donors (Lipinski definition) is 1. The highest BCUT2D eigenvalue weighted by Crippen LogP contribution is 2.73. The lowest BCUT2D eigenvalue weighted by atomic mass is 9.46. The first kappa shape index (κ1) is 25.1. The number of aliphatic hydroxyl groups is 1. The highest BCUT2D eigenvalue weighted by molar-refractivity contribution is 5.90. The summed E-state index contributed by atoms with van der Waals surface area (Å²) in [6.07, 6.45) is 6.98. The molecule has 5 aliphatic carbocycles. The zero-order valence-corrected chi connectivity index (χ0v) is 22.8. The second kappa shape index (κ2) is 9.05. The smallest absolute Gasteiger partial charge is 0.338 e. The van der Waals surface area contributed by atoms with Crippen LogP contribution in [0, 0.1) is 40.4 Å². The van der Waals surface area contributed by atoms with Crippen LogP contribution in [-0.2, 0) is 9.47 Å². The van der Waals surface area contributed by atoms with Crippen LogP contribution in [0.25, 0.3) is 0 Å². The Labute approximate surface area is 230 Å². The molecule has 5 nitrogen and oxygen atoms in total. The largest absolute Gasteiger partial charge is 0.458 e. The van der Waals surface area contributed by atoms with Crippen molar-refractivity contribution in [3.05, 3.63) is 83.4 Å². The summed E-state index contributed by atoms with van der Waals surface area (Å²) in [5.74, 6) is 1.36. The maximum Gasteiger partial charge on any atom is 0.338 e. The first-order valence-corrected chi connectivity index (χ1v) is 14.7. The van der Waals surface area contributed by atoms with Gasteiger partial charge in [0.2, 0.25) is 0 Å². The third kappa shape index (κ3) is 3.91. The molecule has 0 heterocycles. The molecule has 0 radical (unpaired) electrons. The molecule has 10 atom stereocenters. The van der Waals surface area contributed by atoms with Crippen molar-refractivity contribution in [1.82, 2.24) is 0 Å². The third-order valence-corrected chi connectivity index (χ3v) is 11.3. The van der Waals surface area contributed by atoms with Crippen molar-refractivity contribution in [2.24, 2.45) is 40.4 Å². The van der Waals surface area contributed by atoms with Crippen LogP contribution >= 0.6 is 0 Å². The molecule has 39 heavy (non-hydrogen) atoms. The van der Waals surface area contributed by atoms with E-state index in [0.717, 1.165) is 32.1 Å². The van der Waals surface area contributed by atoms with E-state index in [9.17, 15) is 14.7 Å². The van der Waals surface area contributed by atoms with Crippen LogP contribution in [0.15, 0.2) is 72.3 Å². The van der Waals surface area contributed by atoms with Gasteiger partial charge < -0.3 is 14.6 Å². The summed E-state index contributed by atoms with van der Waals surface area (Å²) in [5.41, 5.74) is 2.35. The van der Waals surface area contributed by atoms with Gasteiger partial charge in [-0.05, 0) is 91.4 Å². The van der Waals surface area contributed by atoms with Gasteiger partial charge in [-0.3, -0.25) is 0 Å². The predicted molar refractivity (Wildman–Crippen MR) is 147 cm³/mol. The Balaban J connectivity index is 1.11. The molecule has 5 heteroatoms. The number of benzene rings is 2. The number of aliphatic hydroxyl groups excluding tert-OH is 1. The van der Waals surface area contributed by atoms with Crippen LogP contribution < -0.4 is 0 Å². The van der Waals surface area contributed by atoms with Crippen LogP contribution in [0.1, 0.15) is 73.1 Å². The van der Waals surface area contributed by atoms with E-state index in [-0.39, 0.29) is 40.9 Å². The quantitative estimate of drug-likeness (QED) is 0.378. The van der Waals surface area contributed by atoms with Crippen molar-refractivity contribution in [3.8, 4) is 0 Å². The van der Waals surface area contributed by atoms with Gasteiger partial charge in [0.25, 0.3) is 0 Å². The number of carbonyl (C=O) groups is 2. The molecule has 4 fully saturated rings. The Kier molecular flexibility index (Phi) is 5.82. The van der Waals surface area contributed by atoms with E-state index in [1.165, 1.54) is 5.57 Å². The summed E-state index contributed by atoms with van der Waals surface area (Å²) in [7, 11) is 0. The van der Waals surface area contributed by atoms with Gasteiger partial charge in [0.15, 0.2) is 0 Å². The minimum Gasteiger partial charge on any atom is -0.458 e. The molecule has 0 aliphatic heterocycles. The summed E-state index contributed by atoms with van der Waals surface area (Å²) < 4.78 is 12.2. The second-order valence-corrected chi connectivity index (χ2v) is 13.2. The number of rotatable bonds is 4. The normalized spacial score (nSPS) is 41.7. The molecular formula is C34H38O5. The van der Waals surface area contributed by atoms with Gasteiger partial charge in [0.05, 0.1) is 17.2 Å². The molecule has 0 saturated heterocycles. The topological polar surface area (TPSA) is 72.8 Å². The first-order valence-electron chi connectivity index (χ1n) is 14.7. The molecule has 0 amide bonds. The van der Waals surface area contributed by atoms with E-state index in [4.69, 9.17) is 9.47 Å². The summed E-state index contributed by atoms with van der Waals surface area (Å²) in [5, 5.41) is 11.7. The molecule has 0 unspecified atom stereocenters. The molecule has 1 N–H and O–H groups in total. The number of esters is 2. The predicted octanol–water partition coefficient (Wildman–Crippen LogP) is 6.23. The Hall–Kier alpha value is -2.92. The fourth-order valence-corrected chi connectivity index (χ4v) is 9.38. The average Bonchev–Trinajstić information content (AvgIpc) is 3.68. The van der Waals surface area contributed by atoms with Gasteiger partial charge in [0, 0.05) is 11.8 Å². The van der Waals surface area contributed by atoms with E-state index in [1.807, 2.05) is 48.5 Å². The summed E-state index contributed by atoms with van der Waals surface area (Å²) >= 11 is 0. The van der Waals surface area contributed by atoms with Gasteiger partial charge >= 0.3 is 11.9 Å². The third-order valence-electron chi connectivity index (χ3n) is 11.3. The lowest BCUT2D eigenvalue weighted by molar-refractivity contribution is -0.122. The second-order valence-electron chi connectivity index (χ2n) is 13.2. The van der Waals surface area contributed by atoms with Gasteiger partial charge in [-0.1, -0.05) is 61.9 Å². The van der Waals surface area contributed by atoms with Crippen molar-refractivity contribution in [3.63, 3.8) is 0 Å². The lowest BCUT2D eigenvalue weighted by Gasteiger charge is -2.59. The average molecular weight is 527 g/mol. The fraction of sp³-hybridized carbons (Fsp3) is 0.529. The lowest BCUT2D eigenvalue weighted by Crippen LogP contribution is -2.56. The first-order chi connectivity index (χ1) is 18.8. The molecule has 2 aromatic rings. The number of fused-ring (bicyclic) bond motifs is 7. The van der Waals surface area contributed by atoms with Crippen molar-refractivity contribution < 1.29 is 24.2 Å². The SMILES string of the molecule is C[C@]12CC[C@H]3[C@H]([C@@H]1[C@@H]1C[C@@H]1[C@@H]2OC(=O)c1ccccc1)[C@@H](O)C=C1C[C@@H](OC(=O)c2ccccc2)CC[C@@]13C. The number of ether oxygens (including phenoxy) is 2. The van der Waals surface area contributed by atoms with Crippen molar-refractivity contribution in [2.75, 3.05) is 0 Å². The summed E-state index contributed by atoms with van der Waals surface area (Å²) in [6, 6.07) is 18.5. The zero-order valence-electron chi connectivity index (χ0n) is 22.8. The molecule has 0 aromatic heterocycles. The highest BCUT2D eigenvalue weighted by atomic mass is 16.5. The van der Waals surface area contributed by atoms with Crippen LogP contribution in [0.5, 0.6) is 0 Å². The van der Waals surface area contributed by atoms with Crippen LogP contribution in [0.2, 0.25) is 0 Å². The van der Waals surface area contributed by atoms with Gasteiger partial charge in [-0.15, -0.1) is 0 Å². The van der Waals surface area contributed by atoms with Gasteiger partial charge in [-0.25, -0.2) is 9.59 Å². The monoisotopic (exact) mass is 526 g/mol. The fourth-order valence-electron chi connectivity index (χ4n) is 9.38. The number of hydrogen-bond acceptors (Lipinski definition) is 5. The molecule has 0 bridgehead atoms. The Morgan fingerprint density at radius 2 is 1.49 bits per heavy atom. The van der Waals surface area contributed by atoms with Crippen LogP contribution in [0.3, 0.4) is 0 Å². The summed E-state index contributed by atoms with van der Waals surface area (Å²) in [4.78, 5) is 25.8. The maximum absolute atomic E-state index is 13.0. The van der Waals surface area contributed by atoms with E-state index in [2.05, 4.69) is 19.9 Å². The number of carbonyl (C=O) groups excluding carboxylic acids is 2. The van der Waals surface area contributed by atoms with E-state index in [1.54, 1.807) is 12.1 Å². The molecule has 4 saturated carbocycles. The van der Waals surface area contributed by atoms with E-state index >= 15 is 0 Å². The van der Waals surface area contributed by atoms with Crippen LogP contribution in [-0.4, -0.2) is 35.4 Å². The van der Waals surface area contributed by atoms with E-state index in [0.29, 0.717) is 41.2 Å². The van der Waals surface area contributed by atoms with Crippen molar-refractivity contribution >= 4 is 11.9 Å². The Bertz CT molecular complexity index is 1300. The molecule has 204 valence electrons. The zero-order chi connectivity index (χ0) is 26.9. The summed E-state index contributed by atoms with van der Waals surface area (Å²) in [6.45, 7) is 4.70. The van der Waals surface area contributed by atoms with Crippen molar-refractivity contribution in [1.29, 1.82) is 0 Å². The molecular weight excluding hydrogens is 488 g/mol. The van der Waals surface area contributed by atoms with Gasteiger partial charge in [0.1, 0.15) is 12.2 Å². The van der Waals surface area contributed by atoms with E-state index < -0.39 is 6.10 Å². The molecule has 7 rings (SSSR count). The molecule has 2 aromatic carbocycles. The maximum atomic E-state index is 13.0. The highest BCUT2D eigenvalue weighted by Gasteiger charge is 2.72. The molecule has 0 spiro atoms. The molecule has 5 aliphatic rings. The minimum atomic E-state index is -0.518. The standard InChI is InChI=1S/C34H38O5/c1-33-15-13-23(38-31(36)20-9-5-3-6-10-20)17-22(33)18-27(35)28-26(33)14-16-34(2)29(28)24-19-25(24)30(34)39-32(37)21-11-7-4-8-12-21/h3-12,18,23-30,35H,13-17,19H2,1-2H3/t23-,24+,25-,26-,27-,28-,29-,30-,33-,34-/m0/s1. The Morgan fingerprint density at radius 3 is 2.15 bits per heavy atom. The Morgan fingerprint density at radius 1 is 0.846 bits per heavy atom. The minimum absolute atomic E-state index is 0.00404. The van der Waals surface area contributed by atoms with Crippen LogP contribution in [0.4, 0.5) is 0 Å².